The number of carbonyl (C=O) groups excluding carboxylic acids is 1. The summed E-state index contributed by atoms with van der Waals surface area (Å²) in [7, 11) is 3.51. The van der Waals surface area contributed by atoms with Crippen molar-refractivity contribution in [2.75, 3.05) is 32.1 Å². The Bertz CT molecular complexity index is 943. The fourth-order valence-electron chi connectivity index (χ4n) is 3.49. The molecule has 1 saturated heterocycles. The van der Waals surface area contributed by atoms with Crippen molar-refractivity contribution in [2.24, 2.45) is 0 Å². The van der Waals surface area contributed by atoms with Crippen molar-refractivity contribution in [1.29, 1.82) is 0 Å². The second-order valence-electron chi connectivity index (χ2n) is 6.89. The first-order chi connectivity index (χ1) is 12.5. The van der Waals surface area contributed by atoms with Crippen LogP contribution in [0, 0.1) is 6.92 Å². The molecule has 0 radical (unpaired) electrons. The van der Waals surface area contributed by atoms with Gasteiger partial charge in [-0.3, -0.25) is 9.89 Å². The Labute approximate surface area is 151 Å². The minimum atomic E-state index is -0.0227. The first kappa shape index (κ1) is 16.5. The first-order valence-electron chi connectivity index (χ1n) is 8.73. The Morgan fingerprint density at radius 1 is 1.31 bits per heavy atom. The highest BCUT2D eigenvalue weighted by Gasteiger charge is 2.28. The molecule has 3 aromatic rings. The highest BCUT2D eigenvalue weighted by Crippen LogP contribution is 2.30. The van der Waals surface area contributed by atoms with Crippen molar-refractivity contribution in [3.63, 3.8) is 0 Å². The van der Waals surface area contributed by atoms with Crippen molar-refractivity contribution in [1.82, 2.24) is 34.9 Å². The van der Waals surface area contributed by atoms with Gasteiger partial charge in [-0.05, 0) is 31.9 Å². The number of carbonyl (C=O) groups is 1. The number of nitrogens with one attached hydrogen (secondary N) is 1. The second-order valence-corrected chi connectivity index (χ2v) is 6.89. The monoisotopic (exact) mass is 354 g/mol. The van der Waals surface area contributed by atoms with Gasteiger partial charge in [-0.2, -0.15) is 9.61 Å². The third-order valence-corrected chi connectivity index (χ3v) is 4.86. The zero-order chi connectivity index (χ0) is 18.3. The molecule has 1 unspecified atom stereocenters. The molecule has 0 spiro atoms. The van der Waals surface area contributed by atoms with Crippen LogP contribution in [0.4, 0.5) is 5.82 Å². The van der Waals surface area contributed by atoms with Crippen molar-refractivity contribution in [3.05, 3.63) is 35.4 Å². The van der Waals surface area contributed by atoms with Crippen LogP contribution in [0.25, 0.3) is 5.65 Å². The molecule has 4 heterocycles. The Hall–Kier alpha value is -2.97. The molecule has 0 aliphatic carbocycles. The van der Waals surface area contributed by atoms with Gasteiger partial charge >= 0.3 is 0 Å². The lowest BCUT2D eigenvalue weighted by Crippen LogP contribution is -2.36. The van der Waals surface area contributed by atoms with Crippen LogP contribution in [-0.2, 0) is 0 Å². The molecule has 0 aromatic carbocycles. The van der Waals surface area contributed by atoms with Gasteiger partial charge in [0.1, 0.15) is 5.82 Å². The number of fused-ring (bicyclic) bond motifs is 1. The number of amides is 1. The molecule has 4 rings (SSSR count). The van der Waals surface area contributed by atoms with Crippen LogP contribution in [0.1, 0.15) is 40.6 Å². The number of hydrogen-bond donors (Lipinski definition) is 1. The van der Waals surface area contributed by atoms with E-state index in [1.54, 1.807) is 29.7 Å². The van der Waals surface area contributed by atoms with Crippen LogP contribution < -0.4 is 4.90 Å². The van der Waals surface area contributed by atoms with Crippen molar-refractivity contribution in [2.45, 2.75) is 25.7 Å². The smallest absolute Gasteiger partial charge is 0.256 e. The fourth-order valence-corrected chi connectivity index (χ4v) is 3.49. The number of aromatic nitrogens is 6. The van der Waals surface area contributed by atoms with E-state index in [1.165, 1.54) is 0 Å². The molecule has 1 fully saturated rings. The van der Waals surface area contributed by atoms with Gasteiger partial charge in [0, 0.05) is 33.1 Å². The molecular weight excluding hydrogens is 332 g/mol. The van der Waals surface area contributed by atoms with E-state index >= 15 is 0 Å². The highest BCUT2D eigenvalue weighted by molar-refractivity contribution is 5.94. The predicted octanol–water partition coefficient (Wildman–Crippen LogP) is 1.24. The zero-order valence-corrected chi connectivity index (χ0v) is 15.2. The highest BCUT2D eigenvalue weighted by atomic mass is 16.2. The van der Waals surface area contributed by atoms with Crippen LogP contribution in [0.5, 0.6) is 0 Å². The molecule has 26 heavy (non-hydrogen) atoms. The summed E-state index contributed by atoms with van der Waals surface area (Å²) in [6.07, 6.45) is 3.67. The lowest BCUT2D eigenvalue weighted by atomic mass is 9.92. The van der Waals surface area contributed by atoms with Gasteiger partial charge in [0.05, 0.1) is 17.5 Å². The predicted molar refractivity (Wildman–Crippen MR) is 96.3 cm³/mol. The van der Waals surface area contributed by atoms with Crippen LogP contribution in [0.15, 0.2) is 18.3 Å². The maximum atomic E-state index is 12.4. The van der Waals surface area contributed by atoms with Crippen molar-refractivity contribution < 1.29 is 4.79 Å². The fraction of sp³-hybridized carbons (Fsp3) is 0.471. The summed E-state index contributed by atoms with van der Waals surface area (Å²) >= 11 is 0. The minimum absolute atomic E-state index is 0.0227. The Morgan fingerprint density at radius 3 is 2.96 bits per heavy atom. The summed E-state index contributed by atoms with van der Waals surface area (Å²) in [5, 5.41) is 20.0. The van der Waals surface area contributed by atoms with Gasteiger partial charge < -0.3 is 9.80 Å². The van der Waals surface area contributed by atoms with E-state index in [0.717, 1.165) is 48.9 Å². The summed E-state index contributed by atoms with van der Waals surface area (Å²) in [5.41, 5.74) is 2.31. The quantitative estimate of drug-likeness (QED) is 0.760. The minimum Gasteiger partial charge on any atom is -0.355 e. The summed E-state index contributed by atoms with van der Waals surface area (Å²) in [6.45, 7) is 3.61. The summed E-state index contributed by atoms with van der Waals surface area (Å²) in [6, 6.07) is 3.91. The van der Waals surface area contributed by atoms with Crippen molar-refractivity contribution >= 4 is 17.4 Å². The number of aryl methyl sites for hydroxylation is 1. The Balaban J connectivity index is 1.60. The zero-order valence-electron chi connectivity index (χ0n) is 15.2. The van der Waals surface area contributed by atoms with Crippen LogP contribution in [-0.4, -0.2) is 68.0 Å². The number of H-pyrrole nitrogens is 1. The number of hydrogen-bond acceptors (Lipinski definition) is 6. The van der Waals surface area contributed by atoms with E-state index in [1.807, 2.05) is 19.1 Å². The van der Waals surface area contributed by atoms with Gasteiger partial charge in [-0.15, -0.1) is 15.3 Å². The summed E-state index contributed by atoms with van der Waals surface area (Å²) < 4.78 is 1.76. The lowest BCUT2D eigenvalue weighted by molar-refractivity contribution is 0.0826. The van der Waals surface area contributed by atoms with E-state index < -0.39 is 0 Å². The van der Waals surface area contributed by atoms with E-state index in [0.29, 0.717) is 5.56 Å². The molecule has 0 bridgehead atoms. The molecule has 1 amide bonds. The second kappa shape index (κ2) is 6.40. The topological polar surface area (TPSA) is 95.3 Å². The summed E-state index contributed by atoms with van der Waals surface area (Å²) in [5.74, 6) is 1.85. The molecule has 1 aliphatic heterocycles. The average Bonchev–Trinajstić information content (AvgIpc) is 3.28. The van der Waals surface area contributed by atoms with Gasteiger partial charge in [0.2, 0.25) is 0 Å². The molecule has 0 saturated carbocycles. The molecule has 1 atom stereocenters. The standard InChI is InChI=1S/C17H22N8O/c1-11-19-20-14-6-7-15(22-25(11)14)24-8-4-5-12(10-24)16-13(9-18-21-16)17(26)23(2)3/h6-7,9,12H,4-5,8,10H2,1-3H3,(H,18,21). The normalized spacial score (nSPS) is 17.7. The molecule has 1 N–H and O–H groups in total. The SMILES string of the molecule is Cc1nnc2ccc(N3CCCC(c4[nH]ncc4C(=O)N(C)C)C3)nn12. The van der Waals surface area contributed by atoms with Gasteiger partial charge in [0.25, 0.3) is 5.91 Å². The van der Waals surface area contributed by atoms with Gasteiger partial charge in [-0.1, -0.05) is 0 Å². The molecule has 1 aliphatic rings. The molecule has 9 nitrogen and oxygen atoms in total. The van der Waals surface area contributed by atoms with E-state index in [9.17, 15) is 4.79 Å². The van der Waals surface area contributed by atoms with Crippen LogP contribution >= 0.6 is 0 Å². The van der Waals surface area contributed by atoms with E-state index in [2.05, 4.69) is 30.4 Å². The lowest BCUT2D eigenvalue weighted by Gasteiger charge is -2.33. The van der Waals surface area contributed by atoms with Gasteiger partial charge in [-0.25, -0.2) is 0 Å². The third kappa shape index (κ3) is 2.79. The van der Waals surface area contributed by atoms with Crippen LogP contribution in [0.3, 0.4) is 0 Å². The largest absolute Gasteiger partial charge is 0.355 e. The average molecular weight is 354 g/mol. The molecule has 9 heteroatoms. The maximum Gasteiger partial charge on any atom is 0.256 e. The number of rotatable bonds is 3. The van der Waals surface area contributed by atoms with Crippen LogP contribution in [0.2, 0.25) is 0 Å². The number of nitrogens with zero attached hydrogens (tertiary/aromatic N) is 7. The molecule has 3 aromatic heterocycles. The number of anilines is 1. The van der Waals surface area contributed by atoms with E-state index in [4.69, 9.17) is 0 Å². The Morgan fingerprint density at radius 2 is 2.15 bits per heavy atom. The molecule has 136 valence electrons. The van der Waals surface area contributed by atoms with Gasteiger partial charge in [0.15, 0.2) is 11.5 Å². The maximum absolute atomic E-state index is 12.4. The molecular formula is C17H22N8O. The van der Waals surface area contributed by atoms with E-state index in [-0.39, 0.29) is 11.8 Å². The first-order valence-corrected chi connectivity index (χ1v) is 8.73. The summed E-state index contributed by atoms with van der Waals surface area (Å²) in [4.78, 5) is 16.2. The third-order valence-electron chi connectivity index (χ3n) is 4.86. The number of aromatic amines is 1. The Kier molecular flexibility index (Phi) is 4.06. The number of piperidine rings is 1. The van der Waals surface area contributed by atoms with Crippen molar-refractivity contribution in [3.8, 4) is 0 Å².